The molecule has 0 heterocycles. The van der Waals surface area contributed by atoms with Crippen LogP contribution in [0.25, 0.3) is 0 Å². The van der Waals surface area contributed by atoms with E-state index in [-0.39, 0.29) is 42.0 Å². The van der Waals surface area contributed by atoms with E-state index in [0.717, 1.165) is 54.4 Å². The van der Waals surface area contributed by atoms with Crippen molar-refractivity contribution in [3.63, 3.8) is 0 Å². The van der Waals surface area contributed by atoms with Crippen LogP contribution in [-0.2, 0) is 20.7 Å². The zero-order chi connectivity index (χ0) is 30.6. The van der Waals surface area contributed by atoms with Gasteiger partial charge in [-0.3, -0.25) is 9.59 Å². The molecule has 8 nitrogen and oxygen atoms in total. The first-order chi connectivity index (χ1) is 19.8. The lowest BCUT2D eigenvalue weighted by molar-refractivity contribution is -0.143. The number of nitrogens with zero attached hydrogens (tertiary/aromatic N) is 1. The Balaban J connectivity index is 1.74. The number of ether oxygens (including phenoxy) is 1. The molecule has 2 aliphatic rings. The van der Waals surface area contributed by atoms with Crippen LogP contribution in [0.2, 0.25) is 0 Å². The van der Waals surface area contributed by atoms with E-state index in [1.165, 1.54) is 6.42 Å². The molecule has 2 aromatic carbocycles. The largest absolute Gasteiger partial charge is 0.508 e. The molecule has 228 valence electrons. The van der Waals surface area contributed by atoms with E-state index < -0.39 is 23.8 Å². The number of phenols is 1. The summed E-state index contributed by atoms with van der Waals surface area (Å²) in [5.41, 5.74) is 2.76. The standard InChI is InChI=1S/C34H47N3O5/c1-21-12-13-22(2)27(18-21)30(31(39)35-25-10-8-7-9-11-25)37(29-19-23(29)3)32(40)28(36-33(41)42-34(4,5)6)20-24-14-16-26(38)17-15-24/h12-18,23,25,28-30,38H,7-11,19-20H2,1-6H3,(H,35,39)(H,36,41). The highest BCUT2D eigenvalue weighted by atomic mass is 16.6. The van der Waals surface area contributed by atoms with E-state index in [4.69, 9.17) is 4.74 Å². The fourth-order valence-corrected chi connectivity index (χ4v) is 5.87. The van der Waals surface area contributed by atoms with Gasteiger partial charge in [0.2, 0.25) is 11.8 Å². The van der Waals surface area contributed by atoms with E-state index in [1.807, 2.05) is 32.0 Å². The number of amides is 3. The first-order valence-electron chi connectivity index (χ1n) is 15.3. The second-order valence-electron chi connectivity index (χ2n) is 13.2. The summed E-state index contributed by atoms with van der Waals surface area (Å²) < 4.78 is 5.54. The maximum absolute atomic E-state index is 14.7. The van der Waals surface area contributed by atoms with Crippen LogP contribution >= 0.6 is 0 Å². The monoisotopic (exact) mass is 577 g/mol. The van der Waals surface area contributed by atoms with E-state index in [9.17, 15) is 19.5 Å². The minimum absolute atomic E-state index is 0.0834. The van der Waals surface area contributed by atoms with Gasteiger partial charge in [0.05, 0.1) is 0 Å². The van der Waals surface area contributed by atoms with Crippen molar-refractivity contribution in [2.45, 2.75) is 116 Å². The van der Waals surface area contributed by atoms with Gasteiger partial charge in [0.25, 0.3) is 0 Å². The van der Waals surface area contributed by atoms with Crippen molar-refractivity contribution >= 4 is 17.9 Å². The van der Waals surface area contributed by atoms with Gasteiger partial charge in [-0.25, -0.2) is 4.79 Å². The van der Waals surface area contributed by atoms with Gasteiger partial charge in [0.1, 0.15) is 23.4 Å². The number of aromatic hydroxyl groups is 1. The first-order valence-corrected chi connectivity index (χ1v) is 15.3. The van der Waals surface area contributed by atoms with Gasteiger partial charge < -0.3 is 25.4 Å². The van der Waals surface area contributed by atoms with Gasteiger partial charge in [-0.15, -0.1) is 0 Å². The molecule has 0 aliphatic heterocycles. The van der Waals surface area contributed by atoms with Crippen molar-refractivity contribution in [2.75, 3.05) is 0 Å². The highest BCUT2D eigenvalue weighted by Crippen LogP contribution is 2.42. The highest BCUT2D eigenvalue weighted by Gasteiger charge is 2.48. The third-order valence-corrected chi connectivity index (χ3v) is 8.25. The summed E-state index contributed by atoms with van der Waals surface area (Å²) in [6.07, 6.45) is 5.46. The second-order valence-corrected chi connectivity index (χ2v) is 13.2. The van der Waals surface area contributed by atoms with Gasteiger partial charge in [0.15, 0.2) is 0 Å². The number of nitrogens with one attached hydrogen (secondary N) is 2. The minimum atomic E-state index is -0.979. The molecule has 4 unspecified atom stereocenters. The number of alkyl carbamates (subject to hydrolysis) is 1. The van der Waals surface area contributed by atoms with Gasteiger partial charge in [0, 0.05) is 18.5 Å². The molecule has 0 bridgehead atoms. The zero-order valence-electron chi connectivity index (χ0n) is 25.9. The molecule has 0 spiro atoms. The van der Waals surface area contributed by atoms with Crippen LogP contribution in [0.3, 0.4) is 0 Å². The Morgan fingerprint density at radius 1 is 1.02 bits per heavy atom. The smallest absolute Gasteiger partial charge is 0.408 e. The summed E-state index contributed by atoms with van der Waals surface area (Å²) in [4.78, 5) is 43.7. The summed E-state index contributed by atoms with van der Waals surface area (Å²) in [7, 11) is 0. The quantitative estimate of drug-likeness (QED) is 0.345. The lowest BCUT2D eigenvalue weighted by Gasteiger charge is -2.37. The lowest BCUT2D eigenvalue weighted by atomic mass is 9.92. The predicted molar refractivity (Wildman–Crippen MR) is 163 cm³/mol. The summed E-state index contributed by atoms with van der Waals surface area (Å²) in [5, 5.41) is 15.9. The number of phenolic OH excluding ortho intramolecular Hbond substituents is 1. The van der Waals surface area contributed by atoms with Gasteiger partial charge in [-0.2, -0.15) is 0 Å². The minimum Gasteiger partial charge on any atom is -0.508 e. The van der Waals surface area contributed by atoms with E-state index in [0.29, 0.717) is 0 Å². The van der Waals surface area contributed by atoms with Gasteiger partial charge in [-0.05, 0) is 88.6 Å². The number of carbonyl (C=O) groups is 3. The second kappa shape index (κ2) is 13.2. The summed E-state index contributed by atoms with van der Waals surface area (Å²) in [5.74, 6) is -0.166. The first kappa shape index (κ1) is 31.4. The third-order valence-electron chi connectivity index (χ3n) is 8.25. The average Bonchev–Trinajstić information content (AvgIpc) is 3.64. The Bertz CT molecular complexity index is 1260. The Morgan fingerprint density at radius 2 is 1.67 bits per heavy atom. The molecule has 0 radical (unpaired) electrons. The van der Waals surface area contributed by atoms with E-state index >= 15 is 0 Å². The maximum Gasteiger partial charge on any atom is 0.408 e. The van der Waals surface area contributed by atoms with Crippen molar-refractivity contribution in [3.8, 4) is 5.75 Å². The fourth-order valence-electron chi connectivity index (χ4n) is 5.87. The molecule has 42 heavy (non-hydrogen) atoms. The van der Waals surface area contributed by atoms with Crippen molar-refractivity contribution < 1.29 is 24.2 Å². The van der Waals surface area contributed by atoms with Crippen LogP contribution in [0, 0.1) is 19.8 Å². The molecule has 4 rings (SSSR count). The number of aryl methyl sites for hydroxylation is 2. The summed E-state index contributed by atoms with van der Waals surface area (Å²) in [6, 6.07) is 10.7. The van der Waals surface area contributed by atoms with Crippen LogP contribution in [-0.4, -0.2) is 51.6 Å². The maximum atomic E-state index is 14.7. The number of carbonyl (C=O) groups excluding carboxylic acids is 3. The Morgan fingerprint density at radius 3 is 2.26 bits per heavy atom. The Hall–Kier alpha value is -3.55. The van der Waals surface area contributed by atoms with Crippen molar-refractivity contribution in [2.24, 2.45) is 5.92 Å². The van der Waals surface area contributed by atoms with Gasteiger partial charge in [-0.1, -0.05) is 62.1 Å². The molecule has 0 saturated heterocycles. The van der Waals surface area contributed by atoms with Crippen molar-refractivity contribution in [3.05, 3.63) is 64.7 Å². The molecule has 2 fully saturated rings. The van der Waals surface area contributed by atoms with E-state index in [1.54, 1.807) is 49.9 Å². The van der Waals surface area contributed by atoms with Gasteiger partial charge >= 0.3 is 6.09 Å². The molecule has 0 aromatic heterocycles. The molecule has 4 atom stereocenters. The van der Waals surface area contributed by atoms with Crippen LogP contribution in [0.15, 0.2) is 42.5 Å². The fraction of sp³-hybridized carbons (Fsp3) is 0.559. The molecule has 3 N–H and O–H groups in total. The van der Waals surface area contributed by atoms with E-state index in [2.05, 4.69) is 17.6 Å². The number of benzene rings is 2. The molecule has 2 aliphatic carbocycles. The average molecular weight is 578 g/mol. The molecule has 2 aromatic rings. The SMILES string of the molecule is Cc1ccc(C)c(C(C(=O)NC2CCCCC2)N(C(=O)C(Cc2ccc(O)cc2)NC(=O)OC(C)(C)C)C2CC2C)c1. The van der Waals surface area contributed by atoms with Crippen molar-refractivity contribution in [1.82, 2.24) is 15.5 Å². The number of hydrogen-bond acceptors (Lipinski definition) is 5. The highest BCUT2D eigenvalue weighted by molar-refractivity contribution is 5.93. The predicted octanol–water partition coefficient (Wildman–Crippen LogP) is 5.87. The topological polar surface area (TPSA) is 108 Å². The Labute approximate surface area is 250 Å². The van der Waals surface area contributed by atoms with Crippen LogP contribution in [0.5, 0.6) is 5.75 Å². The van der Waals surface area contributed by atoms with Crippen LogP contribution in [0.1, 0.15) is 94.5 Å². The Kier molecular flexibility index (Phi) is 9.85. The van der Waals surface area contributed by atoms with Crippen molar-refractivity contribution in [1.29, 1.82) is 0 Å². The number of rotatable bonds is 9. The summed E-state index contributed by atoms with van der Waals surface area (Å²) >= 11 is 0. The molecular weight excluding hydrogens is 530 g/mol. The lowest BCUT2D eigenvalue weighted by Crippen LogP contribution is -2.55. The molecule has 3 amide bonds. The third kappa shape index (κ3) is 8.26. The molecule has 2 saturated carbocycles. The van der Waals surface area contributed by atoms with Crippen LogP contribution < -0.4 is 10.6 Å². The van der Waals surface area contributed by atoms with Crippen LogP contribution in [0.4, 0.5) is 4.79 Å². The molecule has 8 heteroatoms. The zero-order valence-corrected chi connectivity index (χ0v) is 25.9. The molecular formula is C34H47N3O5. The number of hydrogen-bond donors (Lipinski definition) is 3. The normalized spacial score (nSPS) is 20.2. The summed E-state index contributed by atoms with van der Waals surface area (Å²) in [6.45, 7) is 11.4.